The van der Waals surface area contributed by atoms with Gasteiger partial charge in [0.05, 0.1) is 55.8 Å². The zero-order valence-electron chi connectivity index (χ0n) is 66.3. The van der Waals surface area contributed by atoms with Gasteiger partial charge in [-0.05, 0) is 72.6 Å². The van der Waals surface area contributed by atoms with Crippen molar-refractivity contribution in [3.63, 3.8) is 0 Å². The number of nitrogens with two attached hydrogens (primary N) is 3. The fourth-order valence-electron chi connectivity index (χ4n) is 12.7. The zero-order valence-corrected chi connectivity index (χ0v) is 67.1. The number of likely N-dealkylation sites (N-methyl/N-ethyl adjacent to an activating group) is 1. The number of unbranched alkanes of at least 4 members (excludes halogenated alkanes) is 1. The number of nitrogens with zero attached hydrogens (tertiary/aromatic N) is 5. The minimum atomic E-state index is -1.85. The van der Waals surface area contributed by atoms with E-state index in [1.165, 1.54) is 73.5 Å². The highest BCUT2D eigenvalue weighted by molar-refractivity contribution is 8.00. The Morgan fingerprint density at radius 3 is 1.65 bits per heavy atom. The van der Waals surface area contributed by atoms with Crippen molar-refractivity contribution in [1.29, 1.82) is 10.8 Å². The molecule has 119 heavy (non-hydrogen) atoms. The van der Waals surface area contributed by atoms with Crippen LogP contribution >= 0.6 is 11.8 Å². The summed E-state index contributed by atoms with van der Waals surface area (Å²) in [5.74, 6) is -15.3. The van der Waals surface area contributed by atoms with Crippen molar-refractivity contribution in [2.45, 2.75) is 164 Å². The van der Waals surface area contributed by atoms with E-state index >= 15 is 19.2 Å². The molecule has 642 valence electrons. The third-order valence-corrected chi connectivity index (χ3v) is 20.2. The van der Waals surface area contributed by atoms with Crippen molar-refractivity contribution < 1.29 is 77.3 Å². The molecule has 6 aromatic rings. The molecule has 3 aromatic heterocycles. The third-order valence-electron chi connectivity index (χ3n) is 19.2. The third kappa shape index (κ3) is 30.1. The predicted octanol–water partition coefficient (Wildman–Crippen LogP) is -5.50. The maximum atomic E-state index is 15.3. The minimum Gasteiger partial charge on any atom is -0.508 e. The molecule has 1 aliphatic heterocycles. The summed E-state index contributed by atoms with van der Waals surface area (Å²) in [6.45, 7) is 0.668. The van der Waals surface area contributed by atoms with Crippen molar-refractivity contribution in [3.8, 4) is 5.75 Å². The van der Waals surface area contributed by atoms with E-state index in [0.29, 0.717) is 35.0 Å². The van der Waals surface area contributed by atoms with Crippen LogP contribution in [-0.4, -0.2) is 257 Å². The summed E-state index contributed by atoms with van der Waals surface area (Å²) in [4.78, 5) is 222. The van der Waals surface area contributed by atoms with Gasteiger partial charge in [0.15, 0.2) is 11.9 Å². The van der Waals surface area contributed by atoms with E-state index in [0.717, 1.165) is 22.0 Å². The Hall–Kier alpha value is -13.2. The maximum absolute atomic E-state index is 15.3. The summed E-state index contributed by atoms with van der Waals surface area (Å²) < 4.78 is 1.53. The number of hydrogen-bond donors (Lipinski definition) is 23. The molecule has 11 atom stereocenters. The fourth-order valence-corrected chi connectivity index (χ4v) is 13.6. The second-order valence-electron chi connectivity index (χ2n) is 28.3. The normalized spacial score (nSPS) is 22.0. The molecule has 1 aliphatic rings. The summed E-state index contributed by atoms with van der Waals surface area (Å²) in [6, 6.07) is 0.809. The van der Waals surface area contributed by atoms with Gasteiger partial charge in [-0.1, -0.05) is 81.3 Å². The van der Waals surface area contributed by atoms with Gasteiger partial charge in [0.1, 0.15) is 72.2 Å². The van der Waals surface area contributed by atoms with Crippen LogP contribution in [0, 0.1) is 10.8 Å². The molecule has 7 rings (SSSR count). The topological polar surface area (TPSA) is 652 Å². The quantitative estimate of drug-likeness (QED) is 0.0137. The lowest BCUT2D eigenvalue weighted by molar-refractivity contribution is -0.143. The number of fused-ring (bicyclic) bond motifs is 1. The lowest BCUT2D eigenvalue weighted by atomic mass is 9.97. The monoisotopic (exact) mass is 1670 g/mol. The number of phenols is 1. The van der Waals surface area contributed by atoms with Crippen molar-refractivity contribution >= 4 is 117 Å². The number of rotatable bonds is 26. The number of hydrogen-bond acceptors (Lipinski definition) is 22. The van der Waals surface area contributed by atoms with Crippen LogP contribution in [0.15, 0.2) is 104 Å². The predicted molar refractivity (Wildman–Crippen MR) is 435 cm³/mol. The van der Waals surface area contributed by atoms with E-state index in [1.54, 1.807) is 32.2 Å². The van der Waals surface area contributed by atoms with Crippen molar-refractivity contribution in [2.75, 3.05) is 51.3 Å². The number of thioether (sulfide) groups is 1. The maximum Gasteiger partial charge on any atom is 0.245 e. The summed E-state index contributed by atoms with van der Waals surface area (Å²) in [5, 5.41) is 74.5. The van der Waals surface area contributed by atoms with Gasteiger partial charge in [-0.25, -0.2) is 15.0 Å². The molecule has 0 bridgehead atoms. The van der Waals surface area contributed by atoms with Crippen LogP contribution in [0.2, 0.25) is 0 Å². The number of carbonyl (C=O) groups is 14. The Kier molecular flexibility index (Phi) is 36.8. The standard InChI is InChI=1S/C76H106N26O16S/c1-5-7-17-51-67(111)93-50(6-2)66(110)96-54(27-44-15-10-14-43-13-8-9-16-49(43)44)69(113)97-55(28-45-31-82-39-89-45)64(108)88-35-62(106)92-58(36-103)72(116)95-53(19-12-25-86-76(80)81)74(118)102(4)60(26-42-20-22-48(104)23-21-42)73(117)99-56(29-46-32-83-40-90-46)70(114)94-52(18-11-24-85-75(78)79)68(112)98-57(30-47-33-84-41-101(47)3)71(115)100-59(37-119-38-63(107)91-51)65(109)87-34-61(77)105/h8-10,13-16,20-23,31-33,39-41,50-60,103-104H,5-7,11-12,17-19,24-30,34-38H2,1-4H3,(H2,77,105)(H,82,89)(H,83,90)(H,87,109)(H,88,108)(H,91,107)(H,92,106)(H,93,111)(H,94,114)(H,95,116)(H,96,110)(H,97,113)(H,98,112)(H,99,117)(H,100,115)(H4,78,79,85)(H4,80,81,86)/t50-,51-,52-,53-,54-,55-,56-,57-,58-,59-,60-/m0/s1. The lowest BCUT2D eigenvalue weighted by Gasteiger charge is -2.33. The number of nitrogens with one attached hydrogen (secondary N) is 18. The molecule has 1 fully saturated rings. The highest BCUT2D eigenvalue weighted by Crippen LogP contribution is 2.22. The Bertz CT molecular complexity index is 4490. The fraction of sp³-hybridized carbons (Fsp3) is 0.461. The highest BCUT2D eigenvalue weighted by Gasteiger charge is 2.39. The van der Waals surface area contributed by atoms with E-state index < -0.39 is 192 Å². The van der Waals surface area contributed by atoms with E-state index in [9.17, 15) is 58.2 Å². The number of guanidine groups is 2. The number of carbonyl (C=O) groups excluding carboxylic acids is 14. The second-order valence-corrected chi connectivity index (χ2v) is 29.3. The summed E-state index contributed by atoms with van der Waals surface area (Å²) in [6.07, 6.45) is 7.17. The molecular formula is C76H106N26O16S. The molecule has 43 heteroatoms. The van der Waals surface area contributed by atoms with Crippen LogP contribution in [0.1, 0.15) is 93.4 Å². The molecule has 0 unspecified atom stereocenters. The molecule has 0 saturated carbocycles. The average molecular weight is 1670 g/mol. The van der Waals surface area contributed by atoms with Gasteiger partial charge in [0, 0.05) is 89.3 Å². The zero-order chi connectivity index (χ0) is 86.7. The molecule has 4 heterocycles. The number of benzene rings is 3. The first-order chi connectivity index (χ1) is 56.9. The molecule has 14 amide bonds. The number of aliphatic hydroxyl groups is 1. The smallest absolute Gasteiger partial charge is 0.245 e. The molecule has 1 saturated heterocycles. The largest absolute Gasteiger partial charge is 0.508 e. The van der Waals surface area contributed by atoms with E-state index in [2.05, 4.69) is 99.4 Å². The first-order valence-electron chi connectivity index (χ1n) is 38.6. The van der Waals surface area contributed by atoms with Gasteiger partial charge < -0.3 is 121 Å². The number of phenolic OH excluding ortho intramolecular Hbond substituents is 1. The van der Waals surface area contributed by atoms with E-state index in [4.69, 9.17) is 28.0 Å². The van der Waals surface area contributed by atoms with E-state index in [1.807, 2.05) is 31.2 Å². The molecule has 0 spiro atoms. The Morgan fingerprint density at radius 2 is 1.07 bits per heavy atom. The summed E-state index contributed by atoms with van der Waals surface area (Å²) in [5.41, 5.74) is 18.4. The van der Waals surface area contributed by atoms with Crippen LogP contribution in [0.4, 0.5) is 0 Å². The summed E-state index contributed by atoms with van der Waals surface area (Å²) >= 11 is 0.814. The number of aliphatic hydroxyl groups excluding tert-OH is 1. The average Bonchev–Trinajstić information content (AvgIpc) is 1.21. The SMILES string of the molecule is CCCC[C@@H]1NC(=O)CSC[C@@H](C(=O)NCC(N)=O)NC(=O)[C@H](Cc2cncn2C)NC(=O)[C@H](CCCNC(=N)N)NC(=O)[C@H](Cc2c[nH]cn2)NC(=O)[C@H](Cc2ccc(O)cc2)N(C)C(=O)[C@H](CCCNC(=N)N)NC(=O)[C@H](CO)NC(=O)CNC(=O)[C@H](Cc2c[nH]cn2)NC(=O)[C@H](Cc2cccc3ccccc23)NC(=O)[C@H](CC)NC1=O. The number of primary amides is 1. The molecule has 3 aromatic carbocycles. The van der Waals surface area contributed by atoms with Gasteiger partial charge in [-0.2, -0.15) is 0 Å². The van der Waals surface area contributed by atoms with Crippen molar-refractivity contribution in [3.05, 3.63) is 133 Å². The lowest BCUT2D eigenvalue weighted by Crippen LogP contribution is -2.61. The Balaban J connectivity index is 1.30. The highest BCUT2D eigenvalue weighted by atomic mass is 32.2. The van der Waals surface area contributed by atoms with Crippen LogP contribution in [0.3, 0.4) is 0 Å². The minimum absolute atomic E-state index is 0.000965. The van der Waals surface area contributed by atoms with Gasteiger partial charge in [0.2, 0.25) is 82.7 Å². The van der Waals surface area contributed by atoms with Crippen molar-refractivity contribution in [1.82, 2.24) is 109 Å². The van der Waals surface area contributed by atoms with Crippen LogP contribution in [-0.2, 0) is 106 Å². The number of aromatic amines is 2. The number of aromatic nitrogens is 6. The van der Waals surface area contributed by atoms with Gasteiger partial charge in [0.25, 0.3) is 0 Å². The van der Waals surface area contributed by atoms with Gasteiger partial charge in [-0.3, -0.25) is 77.9 Å². The van der Waals surface area contributed by atoms with Crippen LogP contribution in [0.5, 0.6) is 5.75 Å². The van der Waals surface area contributed by atoms with Gasteiger partial charge in [-0.15, -0.1) is 11.8 Å². The number of aromatic hydroxyl groups is 1. The molecule has 0 radical (unpaired) electrons. The Morgan fingerprint density at radius 1 is 0.555 bits per heavy atom. The number of aryl methyl sites for hydroxylation is 1. The number of H-pyrrole nitrogens is 2. The molecule has 26 N–H and O–H groups in total. The molecule has 0 aliphatic carbocycles. The second kappa shape index (κ2) is 47.1. The van der Waals surface area contributed by atoms with Crippen LogP contribution < -0.4 is 91.6 Å². The molecular weight excluding hydrogens is 1570 g/mol. The number of amides is 14. The van der Waals surface area contributed by atoms with Crippen LogP contribution in [0.25, 0.3) is 10.8 Å². The summed E-state index contributed by atoms with van der Waals surface area (Å²) in [7, 11) is 2.81. The Labute approximate surface area is 688 Å². The van der Waals surface area contributed by atoms with E-state index in [-0.39, 0.29) is 101 Å². The first kappa shape index (κ1) is 92.9. The first-order valence-corrected chi connectivity index (χ1v) is 39.7. The molecule has 42 nitrogen and oxygen atoms in total. The number of imidazole rings is 3. The van der Waals surface area contributed by atoms with Crippen molar-refractivity contribution in [2.24, 2.45) is 24.2 Å². The van der Waals surface area contributed by atoms with Gasteiger partial charge >= 0.3 is 0 Å².